The van der Waals surface area contributed by atoms with Crippen LogP contribution in [0.2, 0.25) is 0 Å². The Morgan fingerprint density at radius 2 is 2.26 bits per heavy atom. The summed E-state index contributed by atoms with van der Waals surface area (Å²) in [5.74, 6) is 3.31. The van der Waals surface area contributed by atoms with E-state index < -0.39 is 0 Å². The largest absolute Gasteiger partial charge is 0.490 e. The highest BCUT2D eigenvalue weighted by Crippen LogP contribution is 2.38. The molecule has 4 rings (SSSR count). The molecule has 0 radical (unpaired) electrons. The van der Waals surface area contributed by atoms with Gasteiger partial charge in [-0.05, 0) is 50.1 Å². The van der Waals surface area contributed by atoms with Crippen molar-refractivity contribution in [3.63, 3.8) is 0 Å². The van der Waals surface area contributed by atoms with Gasteiger partial charge in [0.25, 0.3) is 0 Å². The summed E-state index contributed by atoms with van der Waals surface area (Å²) in [4.78, 5) is 9.43. The molecule has 2 atom stereocenters. The molecule has 0 saturated carbocycles. The minimum Gasteiger partial charge on any atom is -0.490 e. The Morgan fingerprint density at radius 3 is 3.16 bits per heavy atom. The molecule has 0 bridgehead atoms. The molecule has 0 amide bonds. The summed E-state index contributed by atoms with van der Waals surface area (Å²) in [6.45, 7) is 5.08. The number of hydrogen-bond acceptors (Lipinski definition) is 4. The zero-order valence-corrected chi connectivity index (χ0v) is 11.3. The van der Waals surface area contributed by atoms with Gasteiger partial charge >= 0.3 is 0 Å². The van der Waals surface area contributed by atoms with Crippen LogP contribution in [-0.4, -0.2) is 29.7 Å². The molecule has 4 heteroatoms. The van der Waals surface area contributed by atoms with Crippen LogP contribution in [0.4, 0.5) is 0 Å². The molecule has 3 heterocycles. The second kappa shape index (κ2) is 4.30. The predicted octanol–water partition coefficient (Wildman–Crippen LogP) is 1.73. The van der Waals surface area contributed by atoms with Gasteiger partial charge in [0.1, 0.15) is 0 Å². The van der Waals surface area contributed by atoms with Crippen LogP contribution in [0.3, 0.4) is 0 Å². The molecule has 0 aromatic carbocycles. The van der Waals surface area contributed by atoms with E-state index in [1.54, 1.807) is 0 Å². The second-order valence-corrected chi connectivity index (χ2v) is 5.84. The normalized spacial score (nSPS) is 28.6. The van der Waals surface area contributed by atoms with Crippen LogP contribution in [-0.2, 0) is 6.42 Å². The fourth-order valence-electron chi connectivity index (χ4n) is 3.48. The van der Waals surface area contributed by atoms with E-state index in [1.807, 2.05) is 6.92 Å². The number of aryl methyl sites for hydroxylation is 2. The SMILES string of the molecule is Cc1nc(C2=CC3CNCC3C2)nc2c1OCCC2. The van der Waals surface area contributed by atoms with Crippen LogP contribution in [0, 0.1) is 18.8 Å². The van der Waals surface area contributed by atoms with E-state index in [9.17, 15) is 0 Å². The Hall–Kier alpha value is -1.42. The maximum atomic E-state index is 5.69. The lowest BCUT2D eigenvalue weighted by Gasteiger charge is -2.19. The maximum absolute atomic E-state index is 5.69. The van der Waals surface area contributed by atoms with Crippen molar-refractivity contribution in [2.24, 2.45) is 11.8 Å². The molecule has 3 aliphatic rings. The second-order valence-electron chi connectivity index (χ2n) is 5.84. The lowest BCUT2D eigenvalue weighted by molar-refractivity contribution is 0.280. The molecule has 1 saturated heterocycles. The Morgan fingerprint density at radius 1 is 1.32 bits per heavy atom. The van der Waals surface area contributed by atoms with Gasteiger partial charge < -0.3 is 10.1 Å². The van der Waals surface area contributed by atoms with Crippen LogP contribution in [0.15, 0.2) is 6.08 Å². The maximum Gasteiger partial charge on any atom is 0.162 e. The van der Waals surface area contributed by atoms with Crippen molar-refractivity contribution >= 4 is 5.57 Å². The minimum atomic E-state index is 0.686. The summed E-state index contributed by atoms with van der Waals surface area (Å²) in [5.41, 5.74) is 3.44. The van der Waals surface area contributed by atoms with Gasteiger partial charge in [0.2, 0.25) is 0 Å². The number of nitrogens with one attached hydrogen (secondary N) is 1. The monoisotopic (exact) mass is 257 g/mol. The number of ether oxygens (including phenoxy) is 1. The smallest absolute Gasteiger partial charge is 0.162 e. The van der Waals surface area contributed by atoms with Crippen molar-refractivity contribution in [2.45, 2.75) is 26.2 Å². The molecule has 19 heavy (non-hydrogen) atoms. The van der Waals surface area contributed by atoms with Gasteiger partial charge in [0, 0.05) is 6.54 Å². The van der Waals surface area contributed by atoms with Gasteiger partial charge in [0.05, 0.1) is 18.0 Å². The first-order valence-electron chi connectivity index (χ1n) is 7.23. The molecule has 1 fully saturated rings. The molecule has 2 aliphatic heterocycles. The number of fused-ring (bicyclic) bond motifs is 2. The van der Waals surface area contributed by atoms with E-state index in [1.165, 1.54) is 5.57 Å². The van der Waals surface area contributed by atoms with Crippen LogP contribution >= 0.6 is 0 Å². The van der Waals surface area contributed by atoms with E-state index >= 15 is 0 Å². The molecule has 1 aromatic rings. The third-order valence-electron chi connectivity index (χ3n) is 4.49. The van der Waals surface area contributed by atoms with Gasteiger partial charge in [-0.2, -0.15) is 0 Å². The zero-order valence-electron chi connectivity index (χ0n) is 11.3. The highest BCUT2D eigenvalue weighted by atomic mass is 16.5. The Balaban J connectivity index is 1.70. The quantitative estimate of drug-likeness (QED) is 0.832. The summed E-state index contributed by atoms with van der Waals surface area (Å²) >= 11 is 0. The van der Waals surface area contributed by atoms with Gasteiger partial charge in [-0.25, -0.2) is 9.97 Å². The van der Waals surface area contributed by atoms with Crippen molar-refractivity contribution in [2.75, 3.05) is 19.7 Å². The molecule has 1 aliphatic carbocycles. The van der Waals surface area contributed by atoms with E-state index in [2.05, 4.69) is 16.4 Å². The Bertz CT molecular complexity index is 553. The Labute approximate surface area is 113 Å². The van der Waals surface area contributed by atoms with Gasteiger partial charge in [-0.15, -0.1) is 0 Å². The molecular formula is C15H19N3O. The van der Waals surface area contributed by atoms with Crippen molar-refractivity contribution in [3.8, 4) is 5.75 Å². The minimum absolute atomic E-state index is 0.686. The molecule has 1 aromatic heterocycles. The summed E-state index contributed by atoms with van der Waals surface area (Å²) in [6, 6.07) is 0. The molecular weight excluding hydrogens is 238 g/mol. The van der Waals surface area contributed by atoms with Crippen molar-refractivity contribution < 1.29 is 4.74 Å². The third-order valence-corrected chi connectivity index (χ3v) is 4.49. The standard InChI is InChI=1S/C15H19N3O/c1-9-14-13(3-2-4-19-14)18-15(17-9)10-5-11-7-16-8-12(11)6-10/h5,11-12,16H,2-4,6-8H2,1H3. The summed E-state index contributed by atoms with van der Waals surface area (Å²) in [6.07, 6.45) is 5.59. The summed E-state index contributed by atoms with van der Waals surface area (Å²) in [5, 5.41) is 3.45. The van der Waals surface area contributed by atoms with Gasteiger partial charge in [-0.1, -0.05) is 6.08 Å². The summed E-state index contributed by atoms with van der Waals surface area (Å²) in [7, 11) is 0. The predicted molar refractivity (Wildman–Crippen MR) is 73.0 cm³/mol. The fraction of sp³-hybridized carbons (Fsp3) is 0.600. The lowest BCUT2D eigenvalue weighted by atomic mass is 10.00. The number of nitrogens with zero attached hydrogens (tertiary/aromatic N) is 2. The van der Waals surface area contributed by atoms with E-state index in [-0.39, 0.29) is 0 Å². The molecule has 1 N–H and O–H groups in total. The van der Waals surface area contributed by atoms with Crippen LogP contribution in [0.5, 0.6) is 5.75 Å². The van der Waals surface area contributed by atoms with Crippen LogP contribution in [0.25, 0.3) is 5.57 Å². The van der Waals surface area contributed by atoms with E-state index in [0.717, 1.165) is 67.8 Å². The molecule has 4 nitrogen and oxygen atoms in total. The first kappa shape index (κ1) is 11.4. The fourth-order valence-corrected chi connectivity index (χ4v) is 3.48. The lowest BCUT2D eigenvalue weighted by Crippen LogP contribution is -2.14. The number of hydrogen-bond donors (Lipinski definition) is 1. The van der Waals surface area contributed by atoms with Gasteiger partial charge in [0.15, 0.2) is 11.6 Å². The summed E-state index contributed by atoms with van der Waals surface area (Å²) < 4.78 is 5.69. The molecule has 0 spiro atoms. The number of rotatable bonds is 1. The average Bonchev–Trinajstić information content (AvgIpc) is 2.99. The number of allylic oxidation sites excluding steroid dienone is 1. The van der Waals surface area contributed by atoms with E-state index in [0.29, 0.717) is 5.92 Å². The van der Waals surface area contributed by atoms with Crippen molar-refractivity contribution in [1.29, 1.82) is 0 Å². The highest BCUT2D eigenvalue weighted by molar-refractivity contribution is 5.64. The third kappa shape index (κ3) is 1.86. The molecule has 100 valence electrons. The van der Waals surface area contributed by atoms with Gasteiger partial charge in [-0.3, -0.25) is 0 Å². The van der Waals surface area contributed by atoms with Crippen molar-refractivity contribution in [1.82, 2.24) is 15.3 Å². The average molecular weight is 257 g/mol. The van der Waals surface area contributed by atoms with Crippen molar-refractivity contribution in [3.05, 3.63) is 23.3 Å². The Kier molecular flexibility index (Phi) is 2.58. The zero-order chi connectivity index (χ0) is 12.8. The van der Waals surface area contributed by atoms with E-state index in [4.69, 9.17) is 9.72 Å². The first-order chi connectivity index (χ1) is 9.31. The highest BCUT2D eigenvalue weighted by Gasteiger charge is 2.33. The molecule has 2 unspecified atom stereocenters. The van der Waals surface area contributed by atoms with Crippen LogP contribution < -0.4 is 10.1 Å². The first-order valence-corrected chi connectivity index (χ1v) is 7.23. The topological polar surface area (TPSA) is 47.0 Å². The number of aromatic nitrogens is 2. The van der Waals surface area contributed by atoms with Crippen LogP contribution in [0.1, 0.15) is 30.1 Å².